The highest BCUT2D eigenvalue weighted by molar-refractivity contribution is 5.85. The van der Waals surface area contributed by atoms with Gasteiger partial charge in [0.15, 0.2) is 0 Å². The number of rotatable bonds is 2. The van der Waals surface area contributed by atoms with E-state index >= 15 is 0 Å². The number of nitrogens with one attached hydrogen (secondary N) is 1. The molecule has 6 heteroatoms. The van der Waals surface area contributed by atoms with Gasteiger partial charge in [-0.1, -0.05) is 24.6 Å². The third kappa shape index (κ3) is 4.51. The minimum absolute atomic E-state index is 0. The fourth-order valence-electron chi connectivity index (χ4n) is 3.11. The van der Waals surface area contributed by atoms with Gasteiger partial charge in [-0.2, -0.15) is 0 Å². The van der Waals surface area contributed by atoms with Crippen LogP contribution < -0.4 is 10.2 Å². The van der Waals surface area contributed by atoms with Crippen LogP contribution in [-0.2, 0) is 4.79 Å². The zero-order chi connectivity index (χ0) is 13.8. The van der Waals surface area contributed by atoms with E-state index in [-0.39, 0.29) is 30.9 Å². The first-order valence-electron chi connectivity index (χ1n) is 7.67. The molecule has 0 saturated carbocycles. The molecule has 1 N–H and O–H groups in total. The topological polar surface area (TPSA) is 35.6 Å². The fraction of sp³-hybridized carbons (Fsp3) is 0.562. The molecule has 124 valence electrons. The average molecular weight is 346 g/mol. The second-order valence-electron chi connectivity index (χ2n) is 5.65. The Kier molecular flexibility index (Phi) is 8.01. The molecule has 1 aromatic rings. The molecule has 2 fully saturated rings. The summed E-state index contributed by atoms with van der Waals surface area (Å²) in [5.41, 5.74) is 1.26. The third-order valence-electron chi connectivity index (χ3n) is 4.32. The molecule has 22 heavy (non-hydrogen) atoms. The van der Waals surface area contributed by atoms with Gasteiger partial charge in [0.2, 0.25) is 5.91 Å². The van der Waals surface area contributed by atoms with Crippen LogP contribution in [0.4, 0.5) is 5.69 Å². The molecule has 1 aromatic carbocycles. The quantitative estimate of drug-likeness (QED) is 0.893. The number of piperazine rings is 1. The maximum atomic E-state index is 12.4. The van der Waals surface area contributed by atoms with Gasteiger partial charge < -0.3 is 15.1 Å². The summed E-state index contributed by atoms with van der Waals surface area (Å²) in [7, 11) is 0. The number of nitrogens with zero attached hydrogens (tertiary/aromatic N) is 2. The number of para-hydroxylation sites is 1. The molecule has 1 atom stereocenters. The van der Waals surface area contributed by atoms with Crippen molar-refractivity contribution in [1.82, 2.24) is 10.2 Å². The predicted molar refractivity (Wildman–Crippen MR) is 95.4 cm³/mol. The van der Waals surface area contributed by atoms with E-state index in [1.807, 2.05) is 11.0 Å². The number of anilines is 1. The Morgan fingerprint density at radius 2 is 1.68 bits per heavy atom. The van der Waals surface area contributed by atoms with Gasteiger partial charge in [-0.15, -0.1) is 24.8 Å². The average Bonchev–Trinajstić information content (AvgIpc) is 2.56. The van der Waals surface area contributed by atoms with Crippen LogP contribution in [0.5, 0.6) is 0 Å². The smallest absolute Gasteiger partial charge is 0.239 e. The Morgan fingerprint density at radius 3 is 2.27 bits per heavy atom. The van der Waals surface area contributed by atoms with Crippen molar-refractivity contribution in [3.63, 3.8) is 0 Å². The highest BCUT2D eigenvalue weighted by atomic mass is 35.5. The molecule has 2 saturated heterocycles. The summed E-state index contributed by atoms with van der Waals surface area (Å²) in [6, 6.07) is 10.5. The normalized spacial score (nSPS) is 21.5. The lowest BCUT2D eigenvalue weighted by Gasteiger charge is -2.38. The highest BCUT2D eigenvalue weighted by Crippen LogP contribution is 2.17. The molecule has 4 nitrogen and oxygen atoms in total. The molecule has 1 amide bonds. The number of amides is 1. The van der Waals surface area contributed by atoms with Gasteiger partial charge >= 0.3 is 0 Å². The zero-order valence-electron chi connectivity index (χ0n) is 12.7. The molecule has 2 aliphatic heterocycles. The first-order chi connectivity index (χ1) is 9.84. The molecule has 0 unspecified atom stereocenters. The van der Waals surface area contributed by atoms with Crippen molar-refractivity contribution in [3.8, 4) is 0 Å². The molecule has 0 aliphatic carbocycles. The maximum absolute atomic E-state index is 12.4. The molecule has 0 radical (unpaired) electrons. The van der Waals surface area contributed by atoms with E-state index in [1.165, 1.54) is 18.5 Å². The molecule has 2 heterocycles. The van der Waals surface area contributed by atoms with E-state index in [0.29, 0.717) is 5.91 Å². The van der Waals surface area contributed by atoms with Crippen LogP contribution in [0.3, 0.4) is 0 Å². The van der Waals surface area contributed by atoms with Crippen LogP contribution in [0.2, 0.25) is 0 Å². The maximum Gasteiger partial charge on any atom is 0.239 e. The molecular formula is C16H25Cl2N3O. The first kappa shape index (κ1) is 19.1. The monoisotopic (exact) mass is 345 g/mol. The van der Waals surface area contributed by atoms with Gasteiger partial charge in [0.05, 0.1) is 6.04 Å². The van der Waals surface area contributed by atoms with Gasteiger partial charge in [0.25, 0.3) is 0 Å². The van der Waals surface area contributed by atoms with Crippen LogP contribution in [0.15, 0.2) is 30.3 Å². The predicted octanol–water partition coefficient (Wildman–Crippen LogP) is 2.32. The van der Waals surface area contributed by atoms with Crippen molar-refractivity contribution in [1.29, 1.82) is 0 Å². The summed E-state index contributed by atoms with van der Waals surface area (Å²) < 4.78 is 0. The van der Waals surface area contributed by atoms with Gasteiger partial charge in [-0.05, 0) is 31.5 Å². The number of hydrogen-bond acceptors (Lipinski definition) is 3. The Morgan fingerprint density at radius 1 is 1.00 bits per heavy atom. The molecule has 2 aliphatic rings. The second-order valence-corrected chi connectivity index (χ2v) is 5.65. The fourth-order valence-corrected chi connectivity index (χ4v) is 3.11. The Balaban J connectivity index is 0.00000121. The minimum atomic E-state index is 0. The van der Waals surface area contributed by atoms with E-state index in [0.717, 1.165) is 39.1 Å². The SMILES string of the molecule is Cl.Cl.O=C([C@H]1CCCCN1)N1CCN(c2ccccc2)CC1. The number of piperidine rings is 1. The summed E-state index contributed by atoms with van der Waals surface area (Å²) in [6.07, 6.45) is 3.37. The first-order valence-corrected chi connectivity index (χ1v) is 7.67. The van der Waals surface area contributed by atoms with Crippen molar-refractivity contribution >= 4 is 36.4 Å². The summed E-state index contributed by atoms with van der Waals surface area (Å²) in [5.74, 6) is 0.303. The molecule has 3 rings (SSSR count). The van der Waals surface area contributed by atoms with Gasteiger partial charge in [-0.25, -0.2) is 0 Å². The second kappa shape index (κ2) is 9.23. The van der Waals surface area contributed by atoms with Crippen LogP contribution >= 0.6 is 24.8 Å². The number of hydrogen-bond donors (Lipinski definition) is 1. The van der Waals surface area contributed by atoms with Crippen molar-refractivity contribution in [2.45, 2.75) is 25.3 Å². The lowest BCUT2D eigenvalue weighted by atomic mass is 10.0. The van der Waals surface area contributed by atoms with E-state index < -0.39 is 0 Å². The summed E-state index contributed by atoms with van der Waals surface area (Å²) in [4.78, 5) is 16.8. The van der Waals surface area contributed by atoms with Crippen LogP contribution in [0.1, 0.15) is 19.3 Å². The van der Waals surface area contributed by atoms with Crippen molar-refractivity contribution in [2.24, 2.45) is 0 Å². The van der Waals surface area contributed by atoms with Gasteiger partial charge in [-0.3, -0.25) is 4.79 Å². The molecule has 0 aromatic heterocycles. The van der Waals surface area contributed by atoms with Gasteiger partial charge in [0.1, 0.15) is 0 Å². The van der Waals surface area contributed by atoms with Crippen molar-refractivity contribution < 1.29 is 4.79 Å². The number of carbonyl (C=O) groups is 1. The van der Waals surface area contributed by atoms with Crippen molar-refractivity contribution in [2.75, 3.05) is 37.6 Å². The minimum Gasteiger partial charge on any atom is -0.368 e. The Hall–Kier alpha value is -0.970. The van der Waals surface area contributed by atoms with E-state index in [4.69, 9.17) is 0 Å². The Bertz CT molecular complexity index is 444. The number of benzene rings is 1. The summed E-state index contributed by atoms with van der Waals surface area (Å²) in [5, 5.41) is 3.35. The Labute approximate surface area is 145 Å². The van der Waals surface area contributed by atoms with E-state index in [1.54, 1.807) is 0 Å². The zero-order valence-corrected chi connectivity index (χ0v) is 14.4. The lowest BCUT2D eigenvalue weighted by Crippen LogP contribution is -2.55. The van der Waals surface area contributed by atoms with Crippen LogP contribution in [-0.4, -0.2) is 49.6 Å². The van der Waals surface area contributed by atoms with Gasteiger partial charge in [0, 0.05) is 31.9 Å². The standard InChI is InChI=1S/C16H23N3O.2ClH/c20-16(15-8-4-5-9-17-15)19-12-10-18(11-13-19)14-6-2-1-3-7-14;;/h1-3,6-7,15,17H,4-5,8-13H2;2*1H/t15-;;/m1../s1. The molecule has 0 spiro atoms. The van der Waals surface area contributed by atoms with Crippen molar-refractivity contribution in [3.05, 3.63) is 30.3 Å². The van der Waals surface area contributed by atoms with E-state index in [9.17, 15) is 4.79 Å². The number of halogens is 2. The summed E-state index contributed by atoms with van der Waals surface area (Å²) in [6.45, 7) is 4.53. The lowest BCUT2D eigenvalue weighted by molar-refractivity contribution is -0.134. The van der Waals surface area contributed by atoms with Crippen LogP contribution in [0, 0.1) is 0 Å². The molecular weight excluding hydrogens is 321 g/mol. The highest BCUT2D eigenvalue weighted by Gasteiger charge is 2.28. The third-order valence-corrected chi connectivity index (χ3v) is 4.32. The largest absolute Gasteiger partial charge is 0.368 e. The van der Waals surface area contributed by atoms with Crippen LogP contribution in [0.25, 0.3) is 0 Å². The number of carbonyl (C=O) groups excluding carboxylic acids is 1. The molecule has 0 bridgehead atoms. The summed E-state index contributed by atoms with van der Waals surface area (Å²) >= 11 is 0. The van der Waals surface area contributed by atoms with E-state index in [2.05, 4.69) is 34.5 Å².